The molecule has 110 valence electrons. The Hall–Kier alpha value is -1.69. The summed E-state index contributed by atoms with van der Waals surface area (Å²) < 4.78 is 0. The zero-order valence-electron chi connectivity index (χ0n) is 11.1. The molecule has 21 heavy (non-hydrogen) atoms. The minimum atomic E-state index is -0.202. The lowest BCUT2D eigenvalue weighted by molar-refractivity contribution is -0.116. The van der Waals surface area contributed by atoms with Crippen LogP contribution in [0, 0.1) is 0 Å². The fourth-order valence-electron chi connectivity index (χ4n) is 1.81. The second kappa shape index (κ2) is 7.36. The van der Waals surface area contributed by atoms with E-state index in [1.54, 1.807) is 0 Å². The predicted molar refractivity (Wildman–Crippen MR) is 83.3 cm³/mol. The van der Waals surface area contributed by atoms with Crippen molar-refractivity contribution >= 4 is 34.9 Å². The zero-order chi connectivity index (χ0) is 15.2. The molecule has 2 aromatic rings. The monoisotopic (exact) mass is 324 g/mol. The molecule has 0 aliphatic rings. The van der Waals surface area contributed by atoms with Crippen molar-refractivity contribution in [2.75, 3.05) is 5.32 Å². The summed E-state index contributed by atoms with van der Waals surface area (Å²) in [5.41, 5.74) is 7.04. The van der Waals surface area contributed by atoms with Gasteiger partial charge in [0.05, 0.1) is 0 Å². The second-order valence-electron chi connectivity index (χ2n) is 4.45. The Balaban J connectivity index is 1.87. The third-order valence-corrected chi connectivity index (χ3v) is 3.21. The number of hydrogen-bond donors (Lipinski definition) is 2. The lowest BCUT2D eigenvalue weighted by Gasteiger charge is -2.11. The molecule has 0 aliphatic heterocycles. The quantitative estimate of drug-likeness (QED) is 0.653. The minimum absolute atomic E-state index is 0.0150. The van der Waals surface area contributed by atoms with Gasteiger partial charge >= 0.3 is 0 Å². The van der Waals surface area contributed by atoms with E-state index in [4.69, 9.17) is 28.9 Å². The van der Waals surface area contributed by atoms with Gasteiger partial charge in [-0.3, -0.25) is 4.79 Å². The van der Waals surface area contributed by atoms with Crippen molar-refractivity contribution in [3.63, 3.8) is 0 Å². The number of hydrogen-bond acceptors (Lipinski definition) is 4. The first-order chi connectivity index (χ1) is 10.0. The lowest BCUT2D eigenvalue weighted by Crippen LogP contribution is -2.17. The summed E-state index contributed by atoms with van der Waals surface area (Å²) in [6.45, 7) is 0. The SMILES string of the molecule is NC(CCC(=O)Nc1cc(Cl)nc(Cl)n1)c1ccccc1. The van der Waals surface area contributed by atoms with Crippen LogP contribution in [0.15, 0.2) is 36.4 Å². The van der Waals surface area contributed by atoms with Crippen molar-refractivity contribution in [2.24, 2.45) is 5.73 Å². The Morgan fingerprint density at radius 3 is 2.62 bits per heavy atom. The summed E-state index contributed by atoms with van der Waals surface area (Å²) in [5.74, 6) is 0.0745. The van der Waals surface area contributed by atoms with Crippen LogP contribution in [0.25, 0.3) is 0 Å². The number of aromatic nitrogens is 2. The molecule has 0 fully saturated rings. The molecule has 2 rings (SSSR count). The number of benzene rings is 1. The molecule has 0 saturated heterocycles. The molecule has 1 heterocycles. The number of nitrogens with zero attached hydrogens (tertiary/aromatic N) is 2. The van der Waals surface area contributed by atoms with Gasteiger partial charge < -0.3 is 11.1 Å². The first-order valence-electron chi connectivity index (χ1n) is 6.35. The Morgan fingerprint density at radius 1 is 1.24 bits per heavy atom. The maximum atomic E-state index is 11.9. The van der Waals surface area contributed by atoms with Crippen LogP contribution in [0.2, 0.25) is 10.4 Å². The first-order valence-corrected chi connectivity index (χ1v) is 7.10. The third-order valence-electron chi connectivity index (χ3n) is 2.85. The van der Waals surface area contributed by atoms with Gasteiger partial charge in [-0.05, 0) is 23.6 Å². The average Bonchev–Trinajstić information content (AvgIpc) is 2.44. The van der Waals surface area contributed by atoms with E-state index in [0.717, 1.165) is 5.56 Å². The number of carbonyl (C=O) groups excluding carboxylic acids is 1. The molecule has 0 spiro atoms. The number of anilines is 1. The van der Waals surface area contributed by atoms with Gasteiger partial charge in [0.1, 0.15) is 11.0 Å². The highest BCUT2D eigenvalue weighted by Crippen LogP contribution is 2.17. The number of carbonyl (C=O) groups is 1. The summed E-state index contributed by atoms with van der Waals surface area (Å²) in [7, 11) is 0. The van der Waals surface area contributed by atoms with E-state index in [9.17, 15) is 4.79 Å². The largest absolute Gasteiger partial charge is 0.324 e. The maximum Gasteiger partial charge on any atom is 0.225 e. The normalized spacial score (nSPS) is 12.0. The van der Waals surface area contributed by atoms with Crippen molar-refractivity contribution < 1.29 is 4.79 Å². The molecule has 0 radical (unpaired) electrons. The van der Waals surface area contributed by atoms with Crippen LogP contribution >= 0.6 is 23.2 Å². The second-order valence-corrected chi connectivity index (χ2v) is 5.17. The summed E-state index contributed by atoms with van der Waals surface area (Å²) in [6, 6.07) is 10.9. The van der Waals surface area contributed by atoms with E-state index in [-0.39, 0.29) is 34.6 Å². The molecular weight excluding hydrogens is 311 g/mol. The molecule has 0 bridgehead atoms. The topological polar surface area (TPSA) is 80.9 Å². The van der Waals surface area contributed by atoms with Crippen molar-refractivity contribution in [3.05, 3.63) is 52.4 Å². The van der Waals surface area contributed by atoms with Gasteiger partial charge in [0.25, 0.3) is 0 Å². The predicted octanol–water partition coefficient (Wildman–Crippen LogP) is 3.20. The molecule has 0 saturated carbocycles. The Labute approximate surface area is 132 Å². The van der Waals surface area contributed by atoms with Crippen LogP contribution in [0.5, 0.6) is 0 Å². The number of rotatable bonds is 5. The van der Waals surface area contributed by atoms with E-state index in [2.05, 4.69) is 15.3 Å². The molecular formula is C14H14Cl2N4O. The minimum Gasteiger partial charge on any atom is -0.324 e. The fourth-order valence-corrected chi connectivity index (χ4v) is 2.22. The molecule has 1 atom stereocenters. The van der Waals surface area contributed by atoms with E-state index < -0.39 is 0 Å². The molecule has 3 N–H and O–H groups in total. The van der Waals surface area contributed by atoms with Crippen LogP contribution in [0.3, 0.4) is 0 Å². The standard InChI is InChI=1S/C14H14Cl2N4O/c15-11-8-12(20-14(16)18-11)19-13(21)7-6-10(17)9-4-2-1-3-5-9/h1-5,8,10H,6-7,17H2,(H,18,19,20,21). The average molecular weight is 325 g/mol. The summed E-state index contributed by atoms with van der Waals surface area (Å²) in [4.78, 5) is 19.4. The van der Waals surface area contributed by atoms with E-state index in [0.29, 0.717) is 6.42 Å². The summed E-state index contributed by atoms with van der Waals surface area (Å²) in [5, 5.41) is 2.77. The zero-order valence-corrected chi connectivity index (χ0v) is 12.6. The van der Waals surface area contributed by atoms with Crippen LogP contribution in [0.4, 0.5) is 5.82 Å². The fraction of sp³-hybridized carbons (Fsp3) is 0.214. The molecule has 1 aromatic carbocycles. The van der Waals surface area contributed by atoms with E-state index in [1.165, 1.54) is 6.07 Å². The van der Waals surface area contributed by atoms with Crippen molar-refractivity contribution in [2.45, 2.75) is 18.9 Å². The maximum absolute atomic E-state index is 11.9. The number of nitrogens with two attached hydrogens (primary N) is 1. The molecule has 0 aliphatic carbocycles. The van der Waals surface area contributed by atoms with E-state index >= 15 is 0 Å². The first kappa shape index (κ1) is 15.7. The van der Waals surface area contributed by atoms with Gasteiger partial charge in [0.15, 0.2) is 0 Å². The number of halogens is 2. The van der Waals surface area contributed by atoms with Gasteiger partial charge in [-0.15, -0.1) is 0 Å². The van der Waals surface area contributed by atoms with E-state index in [1.807, 2.05) is 30.3 Å². The number of nitrogens with one attached hydrogen (secondary N) is 1. The highest BCUT2D eigenvalue weighted by molar-refractivity contribution is 6.32. The number of amides is 1. The van der Waals surface area contributed by atoms with Crippen molar-refractivity contribution in [3.8, 4) is 0 Å². The van der Waals surface area contributed by atoms with Gasteiger partial charge in [-0.1, -0.05) is 41.9 Å². The van der Waals surface area contributed by atoms with Gasteiger partial charge in [-0.25, -0.2) is 9.97 Å². The Bertz CT molecular complexity index is 601. The van der Waals surface area contributed by atoms with Gasteiger partial charge in [-0.2, -0.15) is 0 Å². The Kier molecular flexibility index (Phi) is 5.50. The van der Waals surface area contributed by atoms with Crippen molar-refractivity contribution in [1.82, 2.24) is 9.97 Å². The third kappa shape index (κ3) is 4.97. The van der Waals surface area contributed by atoms with Crippen molar-refractivity contribution in [1.29, 1.82) is 0 Å². The molecule has 1 amide bonds. The van der Waals surface area contributed by atoms with Crippen LogP contribution in [-0.4, -0.2) is 15.9 Å². The van der Waals surface area contributed by atoms with Crippen LogP contribution < -0.4 is 11.1 Å². The molecule has 7 heteroatoms. The Morgan fingerprint density at radius 2 is 1.95 bits per heavy atom. The lowest BCUT2D eigenvalue weighted by atomic mass is 10.0. The van der Waals surface area contributed by atoms with Gasteiger partial charge in [0.2, 0.25) is 11.2 Å². The molecule has 1 unspecified atom stereocenters. The van der Waals surface area contributed by atoms with Crippen LogP contribution in [-0.2, 0) is 4.79 Å². The van der Waals surface area contributed by atoms with Crippen LogP contribution in [0.1, 0.15) is 24.4 Å². The smallest absolute Gasteiger partial charge is 0.225 e. The summed E-state index contributed by atoms with van der Waals surface area (Å²) >= 11 is 11.4. The molecule has 1 aromatic heterocycles. The summed E-state index contributed by atoms with van der Waals surface area (Å²) in [6.07, 6.45) is 0.803. The highest BCUT2D eigenvalue weighted by atomic mass is 35.5. The van der Waals surface area contributed by atoms with Gasteiger partial charge in [0, 0.05) is 18.5 Å². The molecule has 5 nitrogen and oxygen atoms in total. The highest BCUT2D eigenvalue weighted by Gasteiger charge is 2.10.